The van der Waals surface area contributed by atoms with Crippen LogP contribution in [0.4, 0.5) is 0 Å². The third-order valence-electron chi connectivity index (χ3n) is 4.71. The number of hydrogen-bond acceptors (Lipinski definition) is 4. The summed E-state index contributed by atoms with van der Waals surface area (Å²) in [5.74, 6) is 0.900. The molecule has 1 amide bonds. The summed E-state index contributed by atoms with van der Waals surface area (Å²) in [7, 11) is 2.12. The van der Waals surface area contributed by atoms with Gasteiger partial charge >= 0.3 is 0 Å². The number of hydrogen-bond donors (Lipinski definition) is 0. The van der Waals surface area contributed by atoms with Gasteiger partial charge in [-0.15, -0.1) is 0 Å². The van der Waals surface area contributed by atoms with Gasteiger partial charge in [0.1, 0.15) is 6.10 Å². The second-order valence-corrected chi connectivity index (χ2v) is 6.80. The molecule has 2 atom stereocenters. The summed E-state index contributed by atoms with van der Waals surface area (Å²) in [4.78, 5) is 17.1. The minimum Gasteiger partial charge on any atom is -0.374 e. The molecule has 2 aliphatic heterocycles. The van der Waals surface area contributed by atoms with Crippen LogP contribution in [0.2, 0.25) is 0 Å². The molecule has 2 heterocycles. The highest BCUT2D eigenvalue weighted by Crippen LogP contribution is 2.30. The Morgan fingerprint density at radius 2 is 2.00 bits per heavy atom. The molecule has 0 radical (unpaired) electrons. The summed E-state index contributed by atoms with van der Waals surface area (Å²) in [6, 6.07) is 0. The molecule has 0 spiro atoms. The lowest BCUT2D eigenvalue weighted by atomic mass is 10.1. The van der Waals surface area contributed by atoms with Crippen LogP contribution in [0.25, 0.3) is 0 Å². The van der Waals surface area contributed by atoms with E-state index in [0.717, 1.165) is 58.7 Å². The Labute approximate surface area is 127 Å². The largest absolute Gasteiger partial charge is 0.374 e. The second-order valence-electron chi connectivity index (χ2n) is 6.80. The van der Waals surface area contributed by atoms with Gasteiger partial charge in [0, 0.05) is 32.8 Å². The maximum atomic E-state index is 12.7. The van der Waals surface area contributed by atoms with Gasteiger partial charge in [-0.2, -0.15) is 0 Å². The van der Waals surface area contributed by atoms with Gasteiger partial charge < -0.3 is 19.3 Å². The van der Waals surface area contributed by atoms with Crippen LogP contribution in [-0.2, 0) is 14.3 Å². The molecule has 3 aliphatic rings. The lowest BCUT2D eigenvalue weighted by molar-refractivity contribution is -0.149. The third-order valence-corrected chi connectivity index (χ3v) is 4.71. The van der Waals surface area contributed by atoms with Crippen LogP contribution in [0.15, 0.2) is 0 Å². The van der Waals surface area contributed by atoms with Crippen molar-refractivity contribution in [2.75, 3.05) is 46.4 Å². The van der Waals surface area contributed by atoms with Crippen LogP contribution in [0.1, 0.15) is 32.1 Å². The van der Waals surface area contributed by atoms with Crippen molar-refractivity contribution in [3.8, 4) is 0 Å². The molecule has 3 rings (SSSR count). The molecule has 0 aromatic carbocycles. The smallest absolute Gasteiger partial charge is 0.251 e. The molecule has 5 heteroatoms. The van der Waals surface area contributed by atoms with E-state index in [0.29, 0.717) is 5.92 Å². The minimum absolute atomic E-state index is 0.148. The molecule has 0 aromatic rings. The zero-order valence-corrected chi connectivity index (χ0v) is 13.1. The number of ether oxygens (including phenoxy) is 2. The molecule has 1 aliphatic carbocycles. The molecule has 120 valence electrons. The third kappa shape index (κ3) is 4.41. The SMILES string of the molecule is CN1CCO[C@@H](CN(CC2CC2)C(=O)[C@@H]2CCCCO2)C1. The summed E-state index contributed by atoms with van der Waals surface area (Å²) < 4.78 is 11.5. The van der Waals surface area contributed by atoms with Gasteiger partial charge in [0.2, 0.25) is 0 Å². The highest BCUT2D eigenvalue weighted by molar-refractivity contribution is 5.81. The van der Waals surface area contributed by atoms with Gasteiger partial charge in [0.15, 0.2) is 0 Å². The Bertz CT molecular complexity index is 353. The molecule has 5 nitrogen and oxygen atoms in total. The normalized spacial score (nSPS) is 31.1. The van der Waals surface area contributed by atoms with E-state index in [4.69, 9.17) is 9.47 Å². The summed E-state index contributed by atoms with van der Waals surface area (Å²) in [6.45, 7) is 5.02. The molecular formula is C16H28N2O3. The lowest BCUT2D eigenvalue weighted by Gasteiger charge is -2.35. The first-order valence-corrected chi connectivity index (χ1v) is 8.43. The van der Waals surface area contributed by atoms with Crippen molar-refractivity contribution < 1.29 is 14.3 Å². The van der Waals surface area contributed by atoms with Crippen LogP contribution < -0.4 is 0 Å². The van der Waals surface area contributed by atoms with Crippen molar-refractivity contribution in [3.05, 3.63) is 0 Å². The fourth-order valence-corrected chi connectivity index (χ4v) is 3.23. The predicted molar refractivity (Wildman–Crippen MR) is 80.1 cm³/mol. The van der Waals surface area contributed by atoms with Crippen molar-refractivity contribution in [3.63, 3.8) is 0 Å². The minimum atomic E-state index is -0.209. The number of nitrogens with zero attached hydrogens (tertiary/aromatic N) is 2. The molecule has 1 saturated carbocycles. The van der Waals surface area contributed by atoms with Gasteiger partial charge in [-0.25, -0.2) is 0 Å². The van der Waals surface area contributed by atoms with E-state index in [1.807, 2.05) is 4.90 Å². The first-order valence-electron chi connectivity index (χ1n) is 8.43. The fourth-order valence-electron chi connectivity index (χ4n) is 3.23. The summed E-state index contributed by atoms with van der Waals surface area (Å²) >= 11 is 0. The average molecular weight is 296 g/mol. The van der Waals surface area contributed by atoms with E-state index < -0.39 is 0 Å². The van der Waals surface area contributed by atoms with E-state index in [1.54, 1.807) is 0 Å². The molecular weight excluding hydrogens is 268 g/mol. The van der Waals surface area contributed by atoms with Crippen LogP contribution in [-0.4, -0.2) is 74.4 Å². The highest BCUT2D eigenvalue weighted by Gasteiger charge is 2.33. The number of morpholine rings is 1. The van der Waals surface area contributed by atoms with Crippen LogP contribution >= 0.6 is 0 Å². The quantitative estimate of drug-likeness (QED) is 0.762. The highest BCUT2D eigenvalue weighted by atomic mass is 16.5. The molecule has 0 bridgehead atoms. The standard InChI is InChI=1S/C16H28N2O3/c1-17-7-9-20-14(11-17)12-18(10-13-5-6-13)16(19)15-4-2-3-8-21-15/h13-15H,2-12H2,1H3/t14-,15+/m1/s1. The van der Waals surface area contributed by atoms with E-state index >= 15 is 0 Å². The van der Waals surface area contributed by atoms with Crippen molar-refractivity contribution in [2.45, 2.75) is 44.3 Å². The number of carbonyl (C=O) groups is 1. The lowest BCUT2D eigenvalue weighted by Crippen LogP contribution is -2.50. The summed E-state index contributed by atoms with van der Waals surface area (Å²) in [5.41, 5.74) is 0. The van der Waals surface area contributed by atoms with Gasteiger partial charge in [-0.1, -0.05) is 0 Å². The van der Waals surface area contributed by atoms with E-state index in [2.05, 4.69) is 11.9 Å². The van der Waals surface area contributed by atoms with E-state index in [9.17, 15) is 4.79 Å². The topological polar surface area (TPSA) is 42.0 Å². The zero-order valence-electron chi connectivity index (χ0n) is 13.1. The van der Waals surface area contributed by atoms with Gasteiger partial charge in [-0.3, -0.25) is 4.79 Å². The van der Waals surface area contributed by atoms with Crippen molar-refractivity contribution in [2.24, 2.45) is 5.92 Å². The Morgan fingerprint density at radius 1 is 1.14 bits per heavy atom. The first kappa shape index (κ1) is 15.3. The van der Waals surface area contributed by atoms with E-state index in [-0.39, 0.29) is 18.1 Å². The Morgan fingerprint density at radius 3 is 2.67 bits per heavy atom. The molecule has 21 heavy (non-hydrogen) atoms. The molecule has 0 aromatic heterocycles. The van der Waals surface area contributed by atoms with Crippen molar-refractivity contribution in [1.29, 1.82) is 0 Å². The molecule has 2 saturated heterocycles. The maximum Gasteiger partial charge on any atom is 0.251 e. The van der Waals surface area contributed by atoms with Crippen LogP contribution in [0.3, 0.4) is 0 Å². The molecule has 0 N–H and O–H groups in total. The van der Waals surface area contributed by atoms with Crippen molar-refractivity contribution in [1.82, 2.24) is 9.80 Å². The summed E-state index contributed by atoms with van der Waals surface area (Å²) in [5, 5.41) is 0. The monoisotopic (exact) mass is 296 g/mol. The first-order chi connectivity index (χ1) is 10.2. The number of rotatable bonds is 5. The number of amides is 1. The van der Waals surface area contributed by atoms with Gasteiger partial charge in [0.25, 0.3) is 5.91 Å². The summed E-state index contributed by atoms with van der Waals surface area (Å²) in [6.07, 6.45) is 5.54. The predicted octanol–water partition coefficient (Wildman–Crippen LogP) is 1.12. The number of carbonyl (C=O) groups excluding carboxylic acids is 1. The van der Waals surface area contributed by atoms with Gasteiger partial charge in [0.05, 0.1) is 12.7 Å². The Kier molecular flexibility index (Phi) is 5.14. The van der Waals surface area contributed by atoms with Gasteiger partial charge in [-0.05, 0) is 45.1 Å². The Balaban J connectivity index is 1.57. The molecule has 3 fully saturated rings. The van der Waals surface area contributed by atoms with Crippen LogP contribution in [0.5, 0.6) is 0 Å². The average Bonchev–Trinajstić information content (AvgIpc) is 3.31. The zero-order chi connectivity index (χ0) is 14.7. The maximum absolute atomic E-state index is 12.7. The molecule has 0 unspecified atom stereocenters. The fraction of sp³-hybridized carbons (Fsp3) is 0.938. The number of likely N-dealkylation sites (N-methyl/N-ethyl adjacent to an activating group) is 1. The Hall–Kier alpha value is -0.650. The van der Waals surface area contributed by atoms with E-state index in [1.165, 1.54) is 12.8 Å². The van der Waals surface area contributed by atoms with Crippen molar-refractivity contribution >= 4 is 5.91 Å². The second kappa shape index (κ2) is 7.07. The van der Waals surface area contributed by atoms with Crippen LogP contribution in [0, 0.1) is 5.92 Å².